The van der Waals surface area contributed by atoms with Crippen molar-refractivity contribution >= 4 is 17.2 Å². The molecule has 112 valence electrons. The van der Waals surface area contributed by atoms with Crippen molar-refractivity contribution in [1.82, 2.24) is 10.3 Å². The van der Waals surface area contributed by atoms with Crippen LogP contribution in [0.2, 0.25) is 0 Å². The molecule has 1 atom stereocenters. The van der Waals surface area contributed by atoms with Crippen molar-refractivity contribution in [2.24, 2.45) is 5.73 Å². The Morgan fingerprint density at radius 2 is 2.05 bits per heavy atom. The third kappa shape index (κ3) is 4.65. The third-order valence-electron chi connectivity index (χ3n) is 3.23. The van der Waals surface area contributed by atoms with Crippen LogP contribution in [0.1, 0.15) is 48.5 Å². The Hall–Kier alpha value is -1.72. The first-order valence-corrected chi connectivity index (χ1v) is 7.95. The van der Waals surface area contributed by atoms with Gasteiger partial charge in [0.25, 0.3) is 0 Å². The average Bonchev–Trinajstić information content (AvgIpc) is 2.95. The number of amides is 1. The number of hydrogen-bond acceptors (Lipinski definition) is 4. The van der Waals surface area contributed by atoms with Crippen molar-refractivity contribution in [2.45, 2.75) is 38.8 Å². The molecular formula is C16H21N3OS. The molecule has 0 spiro atoms. The number of rotatable bonds is 6. The predicted molar refractivity (Wildman–Crippen MR) is 86.0 cm³/mol. The molecule has 0 radical (unpaired) electrons. The molecule has 1 aromatic heterocycles. The fourth-order valence-electron chi connectivity index (χ4n) is 1.94. The minimum absolute atomic E-state index is 0.0485. The van der Waals surface area contributed by atoms with E-state index in [4.69, 9.17) is 5.73 Å². The molecule has 0 saturated heterocycles. The number of nitrogens with zero attached hydrogens (tertiary/aromatic N) is 1. The van der Waals surface area contributed by atoms with Crippen molar-refractivity contribution in [3.8, 4) is 0 Å². The van der Waals surface area contributed by atoms with Crippen LogP contribution in [0.5, 0.6) is 0 Å². The van der Waals surface area contributed by atoms with Gasteiger partial charge < -0.3 is 11.1 Å². The van der Waals surface area contributed by atoms with Gasteiger partial charge in [0.05, 0.1) is 12.2 Å². The number of thiazole rings is 1. The summed E-state index contributed by atoms with van der Waals surface area (Å²) in [7, 11) is 0. The van der Waals surface area contributed by atoms with Gasteiger partial charge in [-0.25, -0.2) is 4.98 Å². The first-order valence-electron chi connectivity index (χ1n) is 7.07. The minimum Gasteiger partial charge on any atom is -0.350 e. The Balaban J connectivity index is 1.82. The SMILES string of the molecule is CC(C)c1csc(CNC(=O)CC(N)c2ccccc2)n1. The molecule has 3 N–H and O–H groups in total. The zero-order chi connectivity index (χ0) is 15.2. The van der Waals surface area contributed by atoms with Gasteiger partial charge in [-0.15, -0.1) is 11.3 Å². The summed E-state index contributed by atoms with van der Waals surface area (Å²) in [6.45, 7) is 4.68. The van der Waals surface area contributed by atoms with Crippen LogP contribution in [-0.4, -0.2) is 10.9 Å². The van der Waals surface area contributed by atoms with Gasteiger partial charge in [0.1, 0.15) is 5.01 Å². The van der Waals surface area contributed by atoms with Crippen LogP contribution in [0.4, 0.5) is 0 Å². The third-order valence-corrected chi connectivity index (χ3v) is 4.10. The second-order valence-electron chi connectivity index (χ2n) is 5.32. The van der Waals surface area contributed by atoms with Gasteiger partial charge in [0.15, 0.2) is 0 Å². The number of benzene rings is 1. The summed E-state index contributed by atoms with van der Waals surface area (Å²) in [5, 5.41) is 5.86. The molecule has 21 heavy (non-hydrogen) atoms. The van der Waals surface area contributed by atoms with Gasteiger partial charge in [-0.05, 0) is 11.5 Å². The lowest BCUT2D eigenvalue weighted by molar-refractivity contribution is -0.121. The Morgan fingerprint density at radius 1 is 1.33 bits per heavy atom. The van der Waals surface area contributed by atoms with E-state index in [0.717, 1.165) is 16.3 Å². The summed E-state index contributed by atoms with van der Waals surface area (Å²) < 4.78 is 0. The zero-order valence-corrected chi connectivity index (χ0v) is 13.2. The van der Waals surface area contributed by atoms with Crippen LogP contribution < -0.4 is 11.1 Å². The molecule has 1 heterocycles. The first kappa shape index (κ1) is 15.7. The fraction of sp³-hybridized carbons (Fsp3) is 0.375. The molecule has 0 aliphatic rings. The van der Waals surface area contributed by atoms with Crippen molar-refractivity contribution in [3.05, 3.63) is 52.0 Å². The van der Waals surface area contributed by atoms with Crippen molar-refractivity contribution < 1.29 is 4.79 Å². The molecule has 4 nitrogen and oxygen atoms in total. The summed E-state index contributed by atoms with van der Waals surface area (Å²) >= 11 is 1.58. The standard InChI is InChI=1S/C16H21N3OS/c1-11(2)14-10-21-16(19-14)9-18-15(20)8-13(17)12-6-4-3-5-7-12/h3-7,10-11,13H,8-9,17H2,1-2H3,(H,18,20). The van der Waals surface area contributed by atoms with Crippen LogP contribution in [0.25, 0.3) is 0 Å². The van der Waals surface area contributed by atoms with Gasteiger partial charge in [0, 0.05) is 17.8 Å². The number of aromatic nitrogens is 1. The summed E-state index contributed by atoms with van der Waals surface area (Å²) in [5.41, 5.74) is 8.09. The maximum absolute atomic E-state index is 11.9. The molecule has 0 saturated carbocycles. The molecule has 5 heteroatoms. The van der Waals surface area contributed by atoms with Crippen LogP contribution in [0, 0.1) is 0 Å². The quantitative estimate of drug-likeness (QED) is 0.862. The summed E-state index contributed by atoms with van der Waals surface area (Å²) in [4.78, 5) is 16.4. The normalized spacial score (nSPS) is 12.4. The van der Waals surface area contributed by atoms with E-state index in [9.17, 15) is 4.79 Å². The van der Waals surface area contributed by atoms with Crippen LogP contribution in [0.15, 0.2) is 35.7 Å². The van der Waals surface area contributed by atoms with Crippen LogP contribution >= 0.6 is 11.3 Å². The molecule has 1 amide bonds. The van der Waals surface area contributed by atoms with Gasteiger partial charge in [-0.3, -0.25) is 4.79 Å². The lowest BCUT2D eigenvalue weighted by Gasteiger charge is -2.11. The van der Waals surface area contributed by atoms with Crippen molar-refractivity contribution in [2.75, 3.05) is 0 Å². The monoisotopic (exact) mass is 303 g/mol. The van der Waals surface area contributed by atoms with E-state index in [1.807, 2.05) is 35.7 Å². The summed E-state index contributed by atoms with van der Waals surface area (Å²) in [6, 6.07) is 9.40. The number of hydrogen-bond donors (Lipinski definition) is 2. The molecule has 2 rings (SSSR count). The average molecular weight is 303 g/mol. The Morgan fingerprint density at radius 3 is 2.67 bits per heavy atom. The van der Waals surface area contributed by atoms with Crippen LogP contribution in [0.3, 0.4) is 0 Å². The Labute approximate surface area is 129 Å². The highest BCUT2D eigenvalue weighted by atomic mass is 32.1. The van der Waals surface area contributed by atoms with E-state index in [1.165, 1.54) is 0 Å². The van der Waals surface area contributed by atoms with Gasteiger partial charge in [-0.1, -0.05) is 44.2 Å². The van der Waals surface area contributed by atoms with E-state index in [-0.39, 0.29) is 18.4 Å². The molecule has 1 aromatic carbocycles. The largest absolute Gasteiger partial charge is 0.350 e. The second kappa shape index (κ2) is 7.33. The van der Waals surface area contributed by atoms with Crippen molar-refractivity contribution in [1.29, 1.82) is 0 Å². The summed E-state index contributed by atoms with van der Waals surface area (Å²) in [5.74, 6) is 0.366. The molecular weight excluding hydrogens is 282 g/mol. The number of carbonyl (C=O) groups is 1. The Bertz CT molecular complexity index is 580. The lowest BCUT2D eigenvalue weighted by atomic mass is 10.0. The fourth-order valence-corrected chi connectivity index (χ4v) is 2.83. The molecule has 2 aromatic rings. The van der Waals surface area contributed by atoms with E-state index >= 15 is 0 Å². The summed E-state index contributed by atoms with van der Waals surface area (Å²) in [6.07, 6.45) is 0.284. The van der Waals surface area contributed by atoms with Gasteiger partial charge >= 0.3 is 0 Å². The maximum Gasteiger partial charge on any atom is 0.222 e. The molecule has 1 unspecified atom stereocenters. The van der Waals surface area contributed by atoms with Crippen molar-refractivity contribution in [3.63, 3.8) is 0 Å². The molecule has 0 bridgehead atoms. The maximum atomic E-state index is 11.9. The smallest absolute Gasteiger partial charge is 0.222 e. The number of nitrogens with two attached hydrogens (primary N) is 1. The highest BCUT2D eigenvalue weighted by Crippen LogP contribution is 2.18. The Kier molecular flexibility index (Phi) is 5.47. The second-order valence-corrected chi connectivity index (χ2v) is 6.26. The zero-order valence-electron chi connectivity index (χ0n) is 12.4. The minimum atomic E-state index is -0.270. The van der Waals surface area contributed by atoms with Crippen LogP contribution in [-0.2, 0) is 11.3 Å². The van der Waals surface area contributed by atoms with E-state index < -0.39 is 0 Å². The molecule has 0 aliphatic carbocycles. The predicted octanol–water partition coefficient (Wildman–Crippen LogP) is 2.97. The van der Waals surface area contributed by atoms with Gasteiger partial charge in [0.2, 0.25) is 5.91 Å². The van der Waals surface area contributed by atoms with Gasteiger partial charge in [-0.2, -0.15) is 0 Å². The molecule has 0 aliphatic heterocycles. The van der Waals surface area contributed by atoms with E-state index in [2.05, 4.69) is 24.1 Å². The van der Waals surface area contributed by atoms with E-state index in [0.29, 0.717) is 12.5 Å². The molecule has 0 fully saturated rings. The lowest BCUT2D eigenvalue weighted by Crippen LogP contribution is -2.27. The number of carbonyl (C=O) groups excluding carboxylic acids is 1. The number of nitrogens with one attached hydrogen (secondary N) is 1. The highest BCUT2D eigenvalue weighted by Gasteiger charge is 2.12. The highest BCUT2D eigenvalue weighted by molar-refractivity contribution is 7.09. The first-order chi connectivity index (χ1) is 10.1. The van der Waals surface area contributed by atoms with E-state index in [1.54, 1.807) is 11.3 Å². The topological polar surface area (TPSA) is 68.0 Å².